The molecule has 2 rings (SSSR count). The lowest BCUT2D eigenvalue weighted by atomic mass is 10.0. The second-order valence-corrected chi connectivity index (χ2v) is 5.83. The first kappa shape index (κ1) is 15.8. The molecular weight excluding hydrogens is 262 g/mol. The van der Waals surface area contributed by atoms with E-state index in [1.54, 1.807) is 6.07 Å². The largest absolute Gasteiger partial charge is 0.492 e. The molecule has 114 valence electrons. The molecule has 0 aliphatic carbocycles. The normalized spacial score (nSPS) is 16.9. The number of benzene rings is 1. The van der Waals surface area contributed by atoms with Crippen molar-refractivity contribution in [2.24, 2.45) is 0 Å². The topological polar surface area (TPSA) is 39.5 Å². The van der Waals surface area contributed by atoms with E-state index in [4.69, 9.17) is 10.00 Å². The molecule has 0 aromatic heterocycles. The van der Waals surface area contributed by atoms with E-state index in [0.717, 1.165) is 13.0 Å². The van der Waals surface area contributed by atoms with E-state index < -0.39 is 0 Å². The molecule has 1 aromatic carbocycles. The Hall–Kier alpha value is -1.57. The molecule has 0 unspecified atom stereocenters. The summed E-state index contributed by atoms with van der Waals surface area (Å²) in [5.74, 6) is 0.696. The van der Waals surface area contributed by atoms with Crippen molar-refractivity contribution in [1.29, 1.82) is 5.26 Å². The standard InChI is InChI=1S/C17H25N3O/c1-19-11-8-16(9-12-19)20(2)10-5-13-21-17-7-4-3-6-15(17)14-18/h3-4,6-7,16H,5,8-13H2,1-2H3. The summed E-state index contributed by atoms with van der Waals surface area (Å²) in [6, 6.07) is 10.3. The Morgan fingerprint density at radius 1 is 1.33 bits per heavy atom. The first-order valence-corrected chi connectivity index (χ1v) is 7.71. The Balaban J connectivity index is 1.69. The predicted molar refractivity (Wildman–Crippen MR) is 84.4 cm³/mol. The Bertz CT molecular complexity index is 475. The van der Waals surface area contributed by atoms with Crippen molar-refractivity contribution in [1.82, 2.24) is 9.80 Å². The zero-order chi connectivity index (χ0) is 15.1. The quantitative estimate of drug-likeness (QED) is 0.753. The number of rotatable bonds is 6. The van der Waals surface area contributed by atoms with Crippen LogP contribution in [-0.4, -0.2) is 56.2 Å². The highest BCUT2D eigenvalue weighted by molar-refractivity contribution is 5.42. The van der Waals surface area contributed by atoms with E-state index in [1.807, 2.05) is 18.2 Å². The fourth-order valence-electron chi connectivity index (χ4n) is 2.80. The van der Waals surface area contributed by atoms with E-state index >= 15 is 0 Å². The lowest BCUT2D eigenvalue weighted by Crippen LogP contribution is -2.42. The van der Waals surface area contributed by atoms with Crippen molar-refractivity contribution in [3.8, 4) is 11.8 Å². The van der Waals surface area contributed by atoms with Gasteiger partial charge in [0.05, 0.1) is 12.2 Å². The SMILES string of the molecule is CN1CCC(N(C)CCCOc2ccccc2C#N)CC1. The number of ether oxygens (including phenoxy) is 1. The molecule has 1 aromatic rings. The highest BCUT2D eigenvalue weighted by Crippen LogP contribution is 2.17. The van der Waals surface area contributed by atoms with Gasteiger partial charge in [0.2, 0.25) is 0 Å². The van der Waals surface area contributed by atoms with Crippen molar-refractivity contribution in [2.75, 3.05) is 40.3 Å². The Morgan fingerprint density at radius 2 is 2.05 bits per heavy atom. The first-order valence-electron chi connectivity index (χ1n) is 7.71. The van der Waals surface area contributed by atoms with Crippen molar-refractivity contribution in [3.63, 3.8) is 0 Å². The summed E-state index contributed by atoms with van der Waals surface area (Å²) in [6.07, 6.45) is 3.50. The van der Waals surface area contributed by atoms with Crippen molar-refractivity contribution >= 4 is 0 Å². The summed E-state index contributed by atoms with van der Waals surface area (Å²) in [5.41, 5.74) is 0.612. The third kappa shape index (κ3) is 4.73. The lowest BCUT2D eigenvalue weighted by Gasteiger charge is -2.35. The molecule has 1 aliphatic rings. The molecule has 4 heteroatoms. The van der Waals surface area contributed by atoms with Crippen molar-refractivity contribution in [3.05, 3.63) is 29.8 Å². The number of nitriles is 1. The van der Waals surface area contributed by atoms with Gasteiger partial charge in [0.25, 0.3) is 0 Å². The average Bonchev–Trinajstić information content (AvgIpc) is 2.52. The molecular formula is C17H25N3O. The van der Waals surface area contributed by atoms with Crippen LogP contribution in [-0.2, 0) is 0 Å². The lowest BCUT2D eigenvalue weighted by molar-refractivity contribution is 0.137. The minimum atomic E-state index is 0.612. The third-order valence-corrected chi connectivity index (χ3v) is 4.23. The van der Waals surface area contributed by atoms with Crippen LogP contribution in [0.5, 0.6) is 5.75 Å². The van der Waals surface area contributed by atoms with Gasteiger partial charge in [0.15, 0.2) is 0 Å². The van der Waals surface area contributed by atoms with E-state index in [0.29, 0.717) is 24.0 Å². The molecule has 0 amide bonds. The van der Waals surface area contributed by atoms with Crippen molar-refractivity contribution in [2.45, 2.75) is 25.3 Å². The van der Waals surface area contributed by atoms with Crippen LogP contribution < -0.4 is 4.74 Å². The van der Waals surface area contributed by atoms with Crippen molar-refractivity contribution < 1.29 is 4.74 Å². The van der Waals surface area contributed by atoms with Crippen LogP contribution in [0.1, 0.15) is 24.8 Å². The predicted octanol–water partition coefficient (Wildman–Crippen LogP) is 2.35. The maximum atomic E-state index is 9.01. The number of hydrogen-bond donors (Lipinski definition) is 0. The summed E-state index contributed by atoms with van der Waals surface area (Å²) >= 11 is 0. The molecule has 4 nitrogen and oxygen atoms in total. The van der Waals surface area contributed by atoms with E-state index in [2.05, 4.69) is 30.0 Å². The number of para-hydroxylation sites is 1. The smallest absolute Gasteiger partial charge is 0.137 e. The molecule has 0 atom stereocenters. The molecule has 21 heavy (non-hydrogen) atoms. The molecule has 1 heterocycles. The van der Waals surface area contributed by atoms with Gasteiger partial charge in [-0.25, -0.2) is 0 Å². The van der Waals surface area contributed by atoms with Crippen LogP contribution in [0.2, 0.25) is 0 Å². The second kappa shape index (κ2) is 8.02. The van der Waals surface area contributed by atoms with Crippen LogP contribution in [0.4, 0.5) is 0 Å². The first-order chi connectivity index (χ1) is 10.2. The van der Waals surface area contributed by atoms with Gasteiger partial charge in [-0.15, -0.1) is 0 Å². The minimum absolute atomic E-state index is 0.612. The molecule has 1 aliphatic heterocycles. The molecule has 1 saturated heterocycles. The summed E-state index contributed by atoms with van der Waals surface area (Å²) in [4.78, 5) is 4.85. The number of nitrogens with zero attached hydrogens (tertiary/aromatic N) is 3. The molecule has 0 bridgehead atoms. The number of piperidine rings is 1. The van der Waals surface area contributed by atoms with Crippen LogP contribution in [0.3, 0.4) is 0 Å². The van der Waals surface area contributed by atoms with Gasteiger partial charge in [-0.05, 0) is 58.6 Å². The second-order valence-electron chi connectivity index (χ2n) is 5.83. The van der Waals surface area contributed by atoms with Crippen LogP contribution in [0.25, 0.3) is 0 Å². The number of hydrogen-bond acceptors (Lipinski definition) is 4. The van der Waals surface area contributed by atoms with Gasteiger partial charge >= 0.3 is 0 Å². The zero-order valence-electron chi connectivity index (χ0n) is 13.1. The van der Waals surface area contributed by atoms with Gasteiger partial charge in [-0.2, -0.15) is 5.26 Å². The Morgan fingerprint density at radius 3 is 2.76 bits per heavy atom. The Labute approximate surface area is 127 Å². The fourth-order valence-corrected chi connectivity index (χ4v) is 2.80. The maximum Gasteiger partial charge on any atom is 0.137 e. The Kier molecular flexibility index (Phi) is 6.04. The molecule has 0 radical (unpaired) electrons. The maximum absolute atomic E-state index is 9.01. The number of likely N-dealkylation sites (tertiary alicyclic amines) is 1. The summed E-state index contributed by atoms with van der Waals surface area (Å²) in [5, 5.41) is 9.01. The third-order valence-electron chi connectivity index (χ3n) is 4.23. The van der Waals surface area contributed by atoms with E-state index in [9.17, 15) is 0 Å². The minimum Gasteiger partial charge on any atom is -0.492 e. The molecule has 0 saturated carbocycles. The molecule has 0 N–H and O–H groups in total. The zero-order valence-corrected chi connectivity index (χ0v) is 13.1. The van der Waals surface area contributed by atoms with Crippen LogP contribution in [0.15, 0.2) is 24.3 Å². The average molecular weight is 287 g/mol. The fraction of sp³-hybridized carbons (Fsp3) is 0.588. The highest BCUT2D eigenvalue weighted by Gasteiger charge is 2.19. The molecule has 0 spiro atoms. The highest BCUT2D eigenvalue weighted by atomic mass is 16.5. The van der Waals surface area contributed by atoms with Crippen LogP contribution in [0, 0.1) is 11.3 Å². The van der Waals surface area contributed by atoms with Gasteiger partial charge in [-0.1, -0.05) is 12.1 Å². The summed E-state index contributed by atoms with van der Waals surface area (Å²) in [7, 11) is 4.40. The summed E-state index contributed by atoms with van der Waals surface area (Å²) in [6.45, 7) is 4.10. The molecule has 1 fully saturated rings. The monoisotopic (exact) mass is 287 g/mol. The summed E-state index contributed by atoms with van der Waals surface area (Å²) < 4.78 is 5.73. The van der Waals surface area contributed by atoms with E-state index in [-0.39, 0.29) is 0 Å². The van der Waals surface area contributed by atoms with Gasteiger partial charge < -0.3 is 14.5 Å². The van der Waals surface area contributed by atoms with E-state index in [1.165, 1.54) is 25.9 Å². The van der Waals surface area contributed by atoms with Gasteiger partial charge in [0, 0.05) is 12.6 Å². The van der Waals surface area contributed by atoms with Gasteiger partial charge in [0.1, 0.15) is 11.8 Å². The van der Waals surface area contributed by atoms with Gasteiger partial charge in [-0.3, -0.25) is 0 Å². The van der Waals surface area contributed by atoms with Crippen LogP contribution >= 0.6 is 0 Å².